The van der Waals surface area contributed by atoms with Crippen LogP contribution in [-0.4, -0.2) is 23.6 Å². The van der Waals surface area contributed by atoms with Crippen molar-refractivity contribution >= 4 is 40.0 Å². The van der Waals surface area contributed by atoms with Crippen LogP contribution in [0.2, 0.25) is 0 Å². The Hall–Kier alpha value is -2.79. The third kappa shape index (κ3) is 4.68. The lowest BCUT2D eigenvalue weighted by molar-refractivity contribution is -0.113. The molecule has 0 saturated heterocycles. The standard InChI is InChI=1S/C22H20N2O2S/c25-21(14-27-20-12-7-15-3-1-2-4-17(15)13-20)23-18-8-5-16(6-9-18)22(26)24-19-10-11-19/h1-9,12-13,19H,10-11,14H2,(H,23,25)(H,24,26). The number of hydrogen-bond donors (Lipinski definition) is 2. The van der Waals surface area contributed by atoms with Crippen LogP contribution >= 0.6 is 11.8 Å². The van der Waals surface area contributed by atoms with Gasteiger partial charge in [0.15, 0.2) is 0 Å². The number of anilines is 1. The van der Waals surface area contributed by atoms with Crippen molar-refractivity contribution in [3.63, 3.8) is 0 Å². The van der Waals surface area contributed by atoms with E-state index in [2.05, 4.69) is 34.9 Å². The van der Waals surface area contributed by atoms with Gasteiger partial charge in [-0.05, 0) is 60.0 Å². The fourth-order valence-electron chi connectivity index (χ4n) is 2.80. The molecule has 5 heteroatoms. The molecule has 0 radical (unpaired) electrons. The van der Waals surface area contributed by atoms with E-state index in [1.165, 1.54) is 22.5 Å². The van der Waals surface area contributed by atoms with Crippen molar-refractivity contribution in [2.45, 2.75) is 23.8 Å². The van der Waals surface area contributed by atoms with Gasteiger partial charge in [-0.3, -0.25) is 9.59 Å². The predicted octanol–water partition coefficient (Wildman–Crippen LogP) is 4.46. The number of nitrogens with one attached hydrogen (secondary N) is 2. The lowest BCUT2D eigenvalue weighted by Crippen LogP contribution is -2.25. The monoisotopic (exact) mass is 376 g/mol. The summed E-state index contributed by atoms with van der Waals surface area (Å²) in [5.41, 5.74) is 1.31. The number of thioether (sulfide) groups is 1. The molecule has 1 fully saturated rings. The highest BCUT2D eigenvalue weighted by Gasteiger charge is 2.23. The first-order chi connectivity index (χ1) is 13.2. The smallest absolute Gasteiger partial charge is 0.251 e. The van der Waals surface area contributed by atoms with E-state index in [9.17, 15) is 9.59 Å². The molecule has 27 heavy (non-hydrogen) atoms. The minimum atomic E-state index is -0.0664. The second-order valence-electron chi connectivity index (χ2n) is 6.67. The van der Waals surface area contributed by atoms with Crippen molar-refractivity contribution in [3.05, 3.63) is 72.3 Å². The summed E-state index contributed by atoms with van der Waals surface area (Å²) in [5, 5.41) is 8.19. The average molecular weight is 376 g/mol. The number of amides is 2. The fraction of sp³-hybridized carbons (Fsp3) is 0.182. The van der Waals surface area contributed by atoms with Gasteiger partial charge in [-0.15, -0.1) is 11.8 Å². The van der Waals surface area contributed by atoms with Crippen molar-refractivity contribution in [1.82, 2.24) is 5.32 Å². The van der Waals surface area contributed by atoms with E-state index in [1.54, 1.807) is 24.3 Å². The highest BCUT2D eigenvalue weighted by Crippen LogP contribution is 2.24. The number of carbonyl (C=O) groups is 2. The summed E-state index contributed by atoms with van der Waals surface area (Å²) < 4.78 is 0. The highest BCUT2D eigenvalue weighted by molar-refractivity contribution is 8.00. The Kier molecular flexibility index (Phi) is 5.12. The zero-order chi connectivity index (χ0) is 18.6. The maximum absolute atomic E-state index is 12.2. The van der Waals surface area contributed by atoms with Gasteiger partial charge in [-0.2, -0.15) is 0 Å². The normalized spacial score (nSPS) is 13.3. The van der Waals surface area contributed by atoms with Gasteiger partial charge in [-0.25, -0.2) is 0 Å². The molecule has 0 aliphatic heterocycles. The summed E-state index contributed by atoms with van der Waals surface area (Å²) in [6.45, 7) is 0. The van der Waals surface area contributed by atoms with Crippen LogP contribution in [0.5, 0.6) is 0 Å². The van der Waals surface area contributed by atoms with Crippen molar-refractivity contribution in [3.8, 4) is 0 Å². The first-order valence-corrected chi connectivity index (χ1v) is 9.98. The molecular weight excluding hydrogens is 356 g/mol. The first kappa shape index (κ1) is 17.6. The van der Waals surface area contributed by atoms with E-state index < -0.39 is 0 Å². The predicted molar refractivity (Wildman–Crippen MR) is 110 cm³/mol. The van der Waals surface area contributed by atoms with Gasteiger partial charge in [0.25, 0.3) is 5.91 Å². The lowest BCUT2D eigenvalue weighted by Gasteiger charge is -2.07. The van der Waals surface area contributed by atoms with E-state index in [-0.39, 0.29) is 11.8 Å². The number of benzene rings is 3. The molecule has 4 nitrogen and oxygen atoms in total. The molecule has 0 atom stereocenters. The topological polar surface area (TPSA) is 58.2 Å². The van der Waals surface area contributed by atoms with Crippen molar-refractivity contribution < 1.29 is 9.59 Å². The molecule has 0 aromatic heterocycles. The maximum Gasteiger partial charge on any atom is 0.251 e. The number of fused-ring (bicyclic) bond motifs is 1. The van der Waals surface area contributed by atoms with Gasteiger partial charge in [0, 0.05) is 22.2 Å². The van der Waals surface area contributed by atoms with E-state index in [0.717, 1.165) is 17.7 Å². The minimum Gasteiger partial charge on any atom is -0.349 e. The van der Waals surface area contributed by atoms with E-state index in [1.807, 2.05) is 18.2 Å². The van der Waals surface area contributed by atoms with Gasteiger partial charge in [0.05, 0.1) is 5.75 Å². The largest absolute Gasteiger partial charge is 0.349 e. The van der Waals surface area contributed by atoms with Crippen molar-refractivity contribution in [1.29, 1.82) is 0 Å². The van der Waals surface area contributed by atoms with Crippen LogP contribution < -0.4 is 10.6 Å². The first-order valence-electron chi connectivity index (χ1n) is 9.00. The van der Waals surface area contributed by atoms with Crippen LogP contribution in [0.4, 0.5) is 5.69 Å². The Morgan fingerprint density at radius 3 is 2.41 bits per heavy atom. The van der Waals surface area contributed by atoms with Gasteiger partial charge in [-0.1, -0.05) is 30.3 Å². The van der Waals surface area contributed by atoms with Crippen molar-refractivity contribution in [2.75, 3.05) is 11.1 Å². The molecule has 3 aromatic rings. The summed E-state index contributed by atoms with van der Waals surface area (Å²) in [7, 11) is 0. The molecule has 1 aliphatic carbocycles. The van der Waals surface area contributed by atoms with Crippen LogP contribution in [-0.2, 0) is 4.79 Å². The number of rotatable bonds is 6. The highest BCUT2D eigenvalue weighted by atomic mass is 32.2. The Balaban J connectivity index is 1.31. The van der Waals surface area contributed by atoms with Crippen molar-refractivity contribution in [2.24, 2.45) is 0 Å². The summed E-state index contributed by atoms with van der Waals surface area (Å²) in [6.07, 6.45) is 2.13. The number of hydrogen-bond acceptors (Lipinski definition) is 3. The SMILES string of the molecule is O=C(CSc1ccc2ccccc2c1)Nc1ccc(C(=O)NC2CC2)cc1. The van der Waals surface area contributed by atoms with Gasteiger partial charge in [0.1, 0.15) is 0 Å². The molecule has 0 unspecified atom stereocenters. The number of carbonyl (C=O) groups excluding carboxylic acids is 2. The third-order valence-electron chi connectivity index (χ3n) is 4.43. The Labute approximate surface area is 162 Å². The Morgan fingerprint density at radius 1 is 0.926 bits per heavy atom. The van der Waals surface area contributed by atoms with Crippen LogP contribution in [0.15, 0.2) is 71.6 Å². The zero-order valence-electron chi connectivity index (χ0n) is 14.8. The second kappa shape index (κ2) is 7.84. The van der Waals surface area contributed by atoms with E-state index >= 15 is 0 Å². The van der Waals surface area contributed by atoms with Gasteiger partial charge in [0.2, 0.25) is 5.91 Å². The molecular formula is C22H20N2O2S. The van der Waals surface area contributed by atoms with E-state index in [4.69, 9.17) is 0 Å². The summed E-state index contributed by atoms with van der Waals surface area (Å²) in [6, 6.07) is 21.7. The molecule has 1 saturated carbocycles. The summed E-state index contributed by atoms with van der Waals surface area (Å²) >= 11 is 1.51. The van der Waals surface area contributed by atoms with Crippen LogP contribution in [0.3, 0.4) is 0 Å². The molecule has 136 valence electrons. The second-order valence-corrected chi connectivity index (χ2v) is 7.72. The molecule has 2 N–H and O–H groups in total. The Morgan fingerprint density at radius 2 is 1.67 bits per heavy atom. The molecule has 4 rings (SSSR count). The maximum atomic E-state index is 12.2. The lowest BCUT2D eigenvalue weighted by atomic mass is 10.1. The quantitative estimate of drug-likeness (QED) is 0.625. The van der Waals surface area contributed by atoms with Gasteiger partial charge >= 0.3 is 0 Å². The fourth-order valence-corrected chi connectivity index (χ4v) is 3.55. The van der Waals surface area contributed by atoms with E-state index in [0.29, 0.717) is 23.0 Å². The summed E-state index contributed by atoms with van der Waals surface area (Å²) in [5.74, 6) is 0.216. The van der Waals surface area contributed by atoms with Crippen LogP contribution in [0.1, 0.15) is 23.2 Å². The third-order valence-corrected chi connectivity index (χ3v) is 5.43. The van der Waals surface area contributed by atoms with Crippen LogP contribution in [0, 0.1) is 0 Å². The molecule has 3 aromatic carbocycles. The molecule has 0 heterocycles. The Bertz CT molecular complexity index is 981. The molecule has 2 amide bonds. The van der Waals surface area contributed by atoms with Crippen LogP contribution in [0.25, 0.3) is 10.8 Å². The molecule has 1 aliphatic rings. The minimum absolute atomic E-state index is 0.0535. The summed E-state index contributed by atoms with van der Waals surface area (Å²) in [4.78, 5) is 25.3. The van der Waals surface area contributed by atoms with Gasteiger partial charge < -0.3 is 10.6 Å². The molecule has 0 spiro atoms. The molecule has 0 bridgehead atoms. The average Bonchev–Trinajstić information content (AvgIpc) is 3.51. The zero-order valence-corrected chi connectivity index (χ0v) is 15.6.